The molecule has 1 aliphatic heterocycles. The summed E-state index contributed by atoms with van der Waals surface area (Å²) in [6.07, 6.45) is 1.98. The molecule has 2 rings (SSSR count). The first kappa shape index (κ1) is 12.0. The monoisotopic (exact) mass is 236 g/mol. The highest BCUT2D eigenvalue weighted by atomic mass is 16.5. The van der Waals surface area contributed by atoms with Crippen LogP contribution >= 0.6 is 0 Å². The lowest BCUT2D eigenvalue weighted by Crippen LogP contribution is -2.42. The molecule has 0 spiro atoms. The van der Waals surface area contributed by atoms with E-state index < -0.39 is 0 Å². The number of Topliss-reactive ketones (excluding diaryl/α,β-unsaturated/α-hetero) is 1. The predicted molar refractivity (Wildman–Crippen MR) is 62.3 cm³/mol. The number of morpholine rings is 1. The summed E-state index contributed by atoms with van der Waals surface area (Å²) in [5.74, 6) is 0.500. The molecule has 1 fully saturated rings. The van der Waals surface area contributed by atoms with E-state index in [0.29, 0.717) is 31.1 Å². The highest BCUT2D eigenvalue weighted by Gasteiger charge is 2.20. The van der Waals surface area contributed by atoms with Crippen molar-refractivity contribution >= 4 is 5.78 Å². The van der Waals surface area contributed by atoms with Gasteiger partial charge in [-0.25, -0.2) is 4.98 Å². The van der Waals surface area contributed by atoms with Crippen molar-refractivity contribution in [1.82, 2.24) is 10.3 Å². The summed E-state index contributed by atoms with van der Waals surface area (Å²) < 4.78 is 10.4. The first-order valence-electron chi connectivity index (χ1n) is 5.64. The maximum atomic E-state index is 12.1. The number of methoxy groups -OCH3 is 1. The molecule has 17 heavy (non-hydrogen) atoms. The van der Waals surface area contributed by atoms with Crippen LogP contribution in [-0.4, -0.2) is 43.7 Å². The maximum Gasteiger partial charge on any atom is 0.186 e. The molecule has 2 heterocycles. The van der Waals surface area contributed by atoms with E-state index >= 15 is 0 Å². The Labute approximate surface area is 100 Å². The van der Waals surface area contributed by atoms with Gasteiger partial charge in [0.05, 0.1) is 20.3 Å². The zero-order valence-electron chi connectivity index (χ0n) is 9.81. The molecule has 5 nitrogen and oxygen atoms in total. The van der Waals surface area contributed by atoms with Gasteiger partial charge in [0, 0.05) is 25.2 Å². The molecule has 1 aromatic rings. The van der Waals surface area contributed by atoms with Gasteiger partial charge in [-0.2, -0.15) is 0 Å². The standard InChI is InChI=1S/C12H16N2O3/c1-16-11-3-2-4-14-12(11)10(15)7-9-8-17-6-5-13-9/h2-4,9,13H,5-8H2,1H3. The summed E-state index contributed by atoms with van der Waals surface area (Å²) >= 11 is 0. The van der Waals surface area contributed by atoms with E-state index in [-0.39, 0.29) is 11.8 Å². The number of ether oxygens (including phenoxy) is 2. The highest BCUT2D eigenvalue weighted by Crippen LogP contribution is 2.17. The van der Waals surface area contributed by atoms with Crippen LogP contribution in [0.2, 0.25) is 0 Å². The number of carbonyl (C=O) groups excluding carboxylic acids is 1. The Morgan fingerprint density at radius 3 is 3.29 bits per heavy atom. The minimum atomic E-state index is -0.0227. The molecule has 1 aromatic heterocycles. The predicted octanol–water partition coefficient (Wildman–Crippen LogP) is 0.651. The Kier molecular flexibility index (Phi) is 4.06. The van der Waals surface area contributed by atoms with Crippen molar-refractivity contribution in [1.29, 1.82) is 0 Å². The van der Waals surface area contributed by atoms with E-state index in [1.807, 2.05) is 0 Å². The zero-order chi connectivity index (χ0) is 12.1. The van der Waals surface area contributed by atoms with Gasteiger partial charge in [-0.15, -0.1) is 0 Å². The molecule has 0 bridgehead atoms. The average molecular weight is 236 g/mol. The number of hydrogen-bond donors (Lipinski definition) is 1. The van der Waals surface area contributed by atoms with Crippen molar-refractivity contribution in [3.8, 4) is 5.75 Å². The number of nitrogens with zero attached hydrogens (tertiary/aromatic N) is 1. The lowest BCUT2D eigenvalue weighted by molar-refractivity contribution is 0.0673. The van der Waals surface area contributed by atoms with Crippen LogP contribution in [0.4, 0.5) is 0 Å². The largest absolute Gasteiger partial charge is 0.494 e. The van der Waals surface area contributed by atoms with Gasteiger partial charge in [0.25, 0.3) is 0 Å². The number of rotatable bonds is 4. The molecule has 1 aliphatic rings. The van der Waals surface area contributed by atoms with Gasteiger partial charge >= 0.3 is 0 Å². The summed E-state index contributed by atoms with van der Waals surface area (Å²) in [5.41, 5.74) is 0.391. The molecule has 0 radical (unpaired) electrons. The number of carbonyl (C=O) groups is 1. The molecule has 0 aromatic carbocycles. The molecule has 92 valence electrons. The topological polar surface area (TPSA) is 60.5 Å². The third-order valence-corrected chi connectivity index (χ3v) is 2.68. The summed E-state index contributed by atoms with van der Waals surface area (Å²) in [6.45, 7) is 2.07. The second-order valence-corrected chi connectivity index (χ2v) is 3.91. The number of pyridine rings is 1. The van der Waals surface area contributed by atoms with Crippen molar-refractivity contribution in [2.24, 2.45) is 0 Å². The molecular weight excluding hydrogens is 220 g/mol. The van der Waals surface area contributed by atoms with Gasteiger partial charge in [0.1, 0.15) is 11.4 Å². The van der Waals surface area contributed by atoms with Crippen molar-refractivity contribution in [2.45, 2.75) is 12.5 Å². The van der Waals surface area contributed by atoms with Crippen LogP contribution in [-0.2, 0) is 4.74 Å². The molecule has 1 unspecified atom stereocenters. The number of nitrogens with one attached hydrogen (secondary N) is 1. The number of aromatic nitrogens is 1. The molecular formula is C12H16N2O3. The van der Waals surface area contributed by atoms with Crippen LogP contribution in [0.5, 0.6) is 5.75 Å². The van der Waals surface area contributed by atoms with Crippen LogP contribution in [0.1, 0.15) is 16.9 Å². The van der Waals surface area contributed by atoms with Crippen molar-refractivity contribution in [3.63, 3.8) is 0 Å². The fraction of sp³-hybridized carbons (Fsp3) is 0.500. The van der Waals surface area contributed by atoms with Crippen LogP contribution in [0.25, 0.3) is 0 Å². The quantitative estimate of drug-likeness (QED) is 0.778. The van der Waals surface area contributed by atoms with Gasteiger partial charge in [-0.05, 0) is 12.1 Å². The van der Waals surface area contributed by atoms with E-state index in [1.165, 1.54) is 7.11 Å². The fourth-order valence-electron chi connectivity index (χ4n) is 1.84. The molecule has 0 saturated carbocycles. The van der Waals surface area contributed by atoms with Gasteiger partial charge in [-0.3, -0.25) is 4.79 Å². The molecule has 1 atom stereocenters. The Morgan fingerprint density at radius 2 is 2.59 bits per heavy atom. The molecule has 5 heteroatoms. The van der Waals surface area contributed by atoms with Crippen LogP contribution in [0.3, 0.4) is 0 Å². The summed E-state index contributed by atoms with van der Waals surface area (Å²) in [6, 6.07) is 3.56. The van der Waals surface area contributed by atoms with Gasteiger partial charge < -0.3 is 14.8 Å². The number of hydrogen-bond acceptors (Lipinski definition) is 5. The second kappa shape index (κ2) is 5.75. The van der Waals surface area contributed by atoms with E-state index in [0.717, 1.165) is 6.54 Å². The Bertz CT molecular complexity index is 389. The summed E-state index contributed by atoms with van der Waals surface area (Å²) in [7, 11) is 1.54. The highest BCUT2D eigenvalue weighted by molar-refractivity contribution is 5.97. The van der Waals surface area contributed by atoms with Gasteiger partial charge in [0.2, 0.25) is 0 Å². The average Bonchev–Trinajstić information content (AvgIpc) is 2.40. The third kappa shape index (κ3) is 3.01. The minimum absolute atomic E-state index is 0.0227. The van der Waals surface area contributed by atoms with Gasteiger partial charge in [0.15, 0.2) is 5.78 Å². The number of ketones is 1. The van der Waals surface area contributed by atoms with Crippen molar-refractivity contribution in [2.75, 3.05) is 26.9 Å². The third-order valence-electron chi connectivity index (χ3n) is 2.68. The lowest BCUT2D eigenvalue weighted by Gasteiger charge is -2.23. The van der Waals surface area contributed by atoms with Gasteiger partial charge in [-0.1, -0.05) is 0 Å². The van der Waals surface area contributed by atoms with E-state index in [4.69, 9.17) is 9.47 Å². The van der Waals surface area contributed by atoms with Crippen LogP contribution in [0, 0.1) is 0 Å². The van der Waals surface area contributed by atoms with Crippen molar-refractivity contribution < 1.29 is 14.3 Å². The second-order valence-electron chi connectivity index (χ2n) is 3.91. The maximum absolute atomic E-state index is 12.1. The molecule has 1 N–H and O–H groups in total. The fourth-order valence-corrected chi connectivity index (χ4v) is 1.84. The first-order chi connectivity index (χ1) is 8.31. The zero-order valence-corrected chi connectivity index (χ0v) is 9.81. The Hall–Kier alpha value is -1.46. The molecule has 1 saturated heterocycles. The minimum Gasteiger partial charge on any atom is -0.494 e. The molecule has 0 aliphatic carbocycles. The Balaban J connectivity index is 2.03. The first-order valence-corrected chi connectivity index (χ1v) is 5.64. The smallest absolute Gasteiger partial charge is 0.186 e. The normalized spacial score (nSPS) is 19.9. The summed E-state index contributed by atoms with van der Waals surface area (Å²) in [4.78, 5) is 16.1. The summed E-state index contributed by atoms with van der Waals surface area (Å²) in [5, 5.41) is 3.24. The van der Waals surface area contributed by atoms with E-state index in [2.05, 4.69) is 10.3 Å². The lowest BCUT2D eigenvalue weighted by atomic mass is 10.1. The van der Waals surface area contributed by atoms with Crippen LogP contribution < -0.4 is 10.1 Å². The Morgan fingerprint density at radius 1 is 1.71 bits per heavy atom. The van der Waals surface area contributed by atoms with Crippen LogP contribution in [0.15, 0.2) is 18.3 Å². The van der Waals surface area contributed by atoms with E-state index in [9.17, 15) is 4.79 Å². The van der Waals surface area contributed by atoms with E-state index in [1.54, 1.807) is 18.3 Å². The SMILES string of the molecule is COc1cccnc1C(=O)CC1COCCN1. The van der Waals surface area contributed by atoms with Crippen molar-refractivity contribution in [3.05, 3.63) is 24.0 Å². The molecule has 0 amide bonds.